The van der Waals surface area contributed by atoms with Crippen LogP contribution in [0.3, 0.4) is 0 Å². The van der Waals surface area contributed by atoms with Gasteiger partial charge in [-0.05, 0) is 31.6 Å². The van der Waals surface area contributed by atoms with Gasteiger partial charge in [-0.2, -0.15) is 0 Å². The summed E-state index contributed by atoms with van der Waals surface area (Å²) >= 11 is 6.30. The van der Waals surface area contributed by atoms with Gasteiger partial charge in [-0.15, -0.1) is 11.6 Å². The van der Waals surface area contributed by atoms with Crippen LogP contribution in [0.2, 0.25) is 0 Å². The van der Waals surface area contributed by atoms with E-state index in [1.54, 1.807) is 0 Å². The maximum atomic E-state index is 11.6. The third-order valence-corrected chi connectivity index (χ3v) is 5.84. The molecule has 0 aromatic heterocycles. The van der Waals surface area contributed by atoms with Crippen LogP contribution in [0.1, 0.15) is 51.9 Å². The molecule has 1 rings (SSSR count). The zero-order valence-corrected chi connectivity index (χ0v) is 11.7. The van der Waals surface area contributed by atoms with Crippen LogP contribution in [0.25, 0.3) is 0 Å². The molecule has 1 saturated carbocycles. The largest absolute Gasteiger partial charge is 0.229 e. The lowest BCUT2D eigenvalue weighted by Gasteiger charge is -2.19. The average molecular weight is 267 g/mol. The second kappa shape index (κ2) is 6.85. The van der Waals surface area contributed by atoms with Crippen LogP contribution in [0.15, 0.2) is 0 Å². The Morgan fingerprint density at radius 3 is 2.50 bits per heavy atom. The molecule has 0 amide bonds. The fourth-order valence-corrected chi connectivity index (χ4v) is 4.30. The van der Waals surface area contributed by atoms with Crippen molar-refractivity contribution < 1.29 is 8.42 Å². The molecule has 4 heteroatoms. The van der Waals surface area contributed by atoms with Gasteiger partial charge in [0.05, 0.1) is 5.75 Å². The fourth-order valence-electron chi connectivity index (χ4n) is 2.41. The Morgan fingerprint density at radius 1 is 1.12 bits per heavy atom. The first-order valence-corrected chi connectivity index (χ1v) is 8.65. The minimum Gasteiger partial charge on any atom is -0.229 e. The topological polar surface area (TPSA) is 34.1 Å². The molecule has 0 radical (unpaired) electrons. The van der Waals surface area contributed by atoms with Crippen molar-refractivity contribution in [2.75, 3.05) is 11.5 Å². The molecule has 1 aliphatic rings. The van der Waals surface area contributed by atoms with E-state index >= 15 is 0 Å². The molecule has 2 unspecified atom stereocenters. The summed E-state index contributed by atoms with van der Waals surface area (Å²) in [5.41, 5.74) is 0. The van der Waals surface area contributed by atoms with E-state index < -0.39 is 9.84 Å². The number of hydrogen-bond acceptors (Lipinski definition) is 2. The Kier molecular flexibility index (Phi) is 6.12. The van der Waals surface area contributed by atoms with Crippen molar-refractivity contribution in [3.63, 3.8) is 0 Å². The van der Waals surface area contributed by atoms with E-state index in [4.69, 9.17) is 11.6 Å². The number of halogens is 1. The minimum absolute atomic E-state index is 0.194. The number of sulfone groups is 1. The maximum absolute atomic E-state index is 11.6. The van der Waals surface area contributed by atoms with Crippen molar-refractivity contribution in [1.29, 1.82) is 0 Å². The quantitative estimate of drug-likeness (QED) is 0.565. The second-order valence-corrected chi connectivity index (χ2v) is 7.72. The van der Waals surface area contributed by atoms with Crippen LogP contribution in [-0.2, 0) is 9.84 Å². The van der Waals surface area contributed by atoms with E-state index in [1.807, 2.05) is 6.92 Å². The predicted molar refractivity (Wildman–Crippen MR) is 69.8 cm³/mol. The summed E-state index contributed by atoms with van der Waals surface area (Å²) in [6.45, 7) is 1.91. The fraction of sp³-hybridized carbons (Fsp3) is 1.00. The summed E-state index contributed by atoms with van der Waals surface area (Å²) < 4.78 is 23.2. The van der Waals surface area contributed by atoms with Gasteiger partial charge in [0, 0.05) is 11.1 Å². The van der Waals surface area contributed by atoms with E-state index in [0.717, 1.165) is 25.7 Å². The van der Waals surface area contributed by atoms with Crippen molar-refractivity contribution in [3.8, 4) is 0 Å². The van der Waals surface area contributed by atoms with Crippen LogP contribution in [-0.4, -0.2) is 25.3 Å². The van der Waals surface area contributed by atoms with Crippen LogP contribution in [0, 0.1) is 5.92 Å². The third-order valence-electron chi connectivity index (χ3n) is 3.38. The van der Waals surface area contributed by atoms with Gasteiger partial charge in [-0.1, -0.05) is 26.2 Å². The molecule has 0 spiro atoms. The monoisotopic (exact) mass is 266 g/mol. The van der Waals surface area contributed by atoms with Gasteiger partial charge < -0.3 is 0 Å². The number of hydrogen-bond donors (Lipinski definition) is 0. The van der Waals surface area contributed by atoms with E-state index in [0.29, 0.717) is 17.4 Å². The SMILES string of the molecule is CCCS(=O)(=O)CCC1CCCCCC1Cl. The number of rotatable bonds is 5. The Labute approximate surface area is 105 Å². The molecule has 0 aliphatic heterocycles. The first kappa shape index (κ1) is 14.3. The molecule has 0 aromatic carbocycles. The summed E-state index contributed by atoms with van der Waals surface area (Å²) in [4.78, 5) is 0. The molecule has 0 aromatic rings. The maximum Gasteiger partial charge on any atom is 0.150 e. The molecule has 2 nitrogen and oxygen atoms in total. The Balaban J connectivity index is 2.40. The van der Waals surface area contributed by atoms with E-state index in [1.165, 1.54) is 19.3 Å². The van der Waals surface area contributed by atoms with Crippen molar-refractivity contribution >= 4 is 21.4 Å². The van der Waals surface area contributed by atoms with Crippen molar-refractivity contribution in [1.82, 2.24) is 0 Å². The molecule has 0 heterocycles. The standard InChI is InChI=1S/C12H23ClO2S/c1-2-9-16(14,15)10-8-11-6-4-3-5-7-12(11)13/h11-12H,2-10H2,1H3. The molecular formula is C12H23ClO2S. The molecule has 1 aliphatic carbocycles. The minimum atomic E-state index is -2.82. The molecule has 16 heavy (non-hydrogen) atoms. The normalized spacial score (nSPS) is 27.6. The first-order valence-electron chi connectivity index (χ1n) is 6.39. The van der Waals surface area contributed by atoms with Gasteiger partial charge in [0.15, 0.2) is 0 Å². The highest BCUT2D eigenvalue weighted by atomic mass is 35.5. The van der Waals surface area contributed by atoms with Gasteiger partial charge in [0.2, 0.25) is 0 Å². The summed E-state index contributed by atoms with van der Waals surface area (Å²) in [6.07, 6.45) is 7.30. The summed E-state index contributed by atoms with van der Waals surface area (Å²) in [5.74, 6) is 1.07. The lowest BCUT2D eigenvalue weighted by atomic mass is 9.97. The summed E-state index contributed by atoms with van der Waals surface area (Å²) in [7, 11) is -2.82. The molecule has 2 atom stereocenters. The zero-order valence-electron chi connectivity index (χ0n) is 10.1. The Morgan fingerprint density at radius 2 is 1.81 bits per heavy atom. The molecular weight excluding hydrogens is 244 g/mol. The molecule has 0 saturated heterocycles. The van der Waals surface area contributed by atoms with Crippen molar-refractivity contribution in [2.45, 2.75) is 57.2 Å². The molecule has 0 bridgehead atoms. The highest BCUT2D eigenvalue weighted by molar-refractivity contribution is 7.91. The highest BCUT2D eigenvalue weighted by Gasteiger charge is 2.23. The second-order valence-electron chi connectivity index (χ2n) is 4.85. The van der Waals surface area contributed by atoms with Crippen LogP contribution in [0.5, 0.6) is 0 Å². The van der Waals surface area contributed by atoms with Gasteiger partial charge in [-0.3, -0.25) is 0 Å². The predicted octanol–water partition coefficient (Wildman–Crippen LogP) is 3.39. The van der Waals surface area contributed by atoms with Crippen LogP contribution in [0.4, 0.5) is 0 Å². The summed E-state index contributed by atoms with van der Waals surface area (Å²) in [6, 6.07) is 0. The highest BCUT2D eigenvalue weighted by Crippen LogP contribution is 2.30. The van der Waals surface area contributed by atoms with Gasteiger partial charge in [0.25, 0.3) is 0 Å². The average Bonchev–Trinajstić information content (AvgIpc) is 2.40. The molecule has 96 valence electrons. The van der Waals surface area contributed by atoms with Crippen molar-refractivity contribution in [3.05, 3.63) is 0 Å². The lowest BCUT2D eigenvalue weighted by Crippen LogP contribution is -2.19. The zero-order chi connectivity index (χ0) is 12.0. The summed E-state index contributed by atoms with van der Waals surface area (Å²) in [5, 5.41) is 0.194. The lowest BCUT2D eigenvalue weighted by molar-refractivity contribution is 0.451. The Hall–Kier alpha value is 0.240. The van der Waals surface area contributed by atoms with E-state index in [-0.39, 0.29) is 5.38 Å². The van der Waals surface area contributed by atoms with Gasteiger partial charge in [-0.25, -0.2) is 8.42 Å². The van der Waals surface area contributed by atoms with Crippen molar-refractivity contribution in [2.24, 2.45) is 5.92 Å². The molecule has 1 fully saturated rings. The third kappa shape index (κ3) is 5.05. The smallest absolute Gasteiger partial charge is 0.150 e. The number of alkyl halides is 1. The van der Waals surface area contributed by atoms with Gasteiger partial charge >= 0.3 is 0 Å². The molecule has 0 N–H and O–H groups in total. The van der Waals surface area contributed by atoms with Crippen LogP contribution >= 0.6 is 11.6 Å². The van der Waals surface area contributed by atoms with Crippen LogP contribution < -0.4 is 0 Å². The van der Waals surface area contributed by atoms with E-state index in [2.05, 4.69) is 0 Å². The Bertz CT molecular complexity index is 287. The van der Waals surface area contributed by atoms with Gasteiger partial charge in [0.1, 0.15) is 9.84 Å². The van der Waals surface area contributed by atoms with E-state index in [9.17, 15) is 8.42 Å². The first-order chi connectivity index (χ1) is 7.55.